The van der Waals surface area contributed by atoms with Crippen molar-refractivity contribution in [1.82, 2.24) is 0 Å². The molecule has 0 atom stereocenters. The maximum absolute atomic E-state index is 13.0. The zero-order valence-electron chi connectivity index (χ0n) is 17.3. The minimum atomic E-state index is -0.172. The highest BCUT2D eigenvalue weighted by atomic mass is 79.9. The van der Waals surface area contributed by atoms with Crippen LogP contribution in [0.4, 0.5) is 11.4 Å². The van der Waals surface area contributed by atoms with Gasteiger partial charge in [0.2, 0.25) is 0 Å². The number of aliphatic imine (C=N–C) groups is 1. The van der Waals surface area contributed by atoms with Crippen LogP contribution in [0.5, 0.6) is 5.75 Å². The monoisotopic (exact) mass is 476 g/mol. The number of carbonyl (C=O) groups excluding carboxylic acids is 1. The Kier molecular flexibility index (Phi) is 7.15. The number of carbonyl (C=O) groups is 1. The third-order valence-corrected chi connectivity index (χ3v) is 5.77. The summed E-state index contributed by atoms with van der Waals surface area (Å²) in [6, 6.07) is 23.1. The van der Waals surface area contributed by atoms with Gasteiger partial charge in [-0.1, -0.05) is 52.7 Å². The average Bonchev–Trinajstić information content (AvgIpc) is 2.81. The third-order valence-electron chi connectivity index (χ3n) is 5.27. The van der Waals surface area contributed by atoms with Gasteiger partial charge in [0.1, 0.15) is 12.4 Å². The molecule has 0 spiro atoms. The number of ether oxygens (including phenoxy) is 1. The first-order chi connectivity index (χ1) is 15.2. The standard InChI is InChI=1S/C26H25BrN2O2/c27-20-11-16-25(28-21-9-5-2-6-10-21)24(17-20)26(30)29-22-12-14-23(15-13-22)31-18-19-7-3-1-4-8-19/h1,3-4,7-8,11-17H,2,5-6,9-10,18H2,(H,29,30). The third kappa shape index (κ3) is 6.05. The van der Waals surface area contributed by atoms with E-state index in [2.05, 4.69) is 21.2 Å². The van der Waals surface area contributed by atoms with Crippen LogP contribution in [0.3, 0.4) is 0 Å². The van der Waals surface area contributed by atoms with Crippen LogP contribution in [0.15, 0.2) is 82.3 Å². The summed E-state index contributed by atoms with van der Waals surface area (Å²) in [7, 11) is 0. The molecule has 4 nitrogen and oxygen atoms in total. The molecule has 3 aromatic rings. The summed E-state index contributed by atoms with van der Waals surface area (Å²) in [4.78, 5) is 17.8. The molecule has 4 rings (SSSR count). The van der Waals surface area contributed by atoms with Gasteiger partial charge in [0.25, 0.3) is 5.91 Å². The largest absolute Gasteiger partial charge is 0.489 e. The number of nitrogens with one attached hydrogen (secondary N) is 1. The second kappa shape index (κ2) is 10.4. The Labute approximate surface area is 191 Å². The Bertz CT molecular complexity index is 1050. The zero-order chi connectivity index (χ0) is 21.5. The molecule has 0 bridgehead atoms. The molecule has 0 unspecified atom stereocenters. The zero-order valence-corrected chi connectivity index (χ0v) is 18.9. The molecule has 0 radical (unpaired) electrons. The number of amides is 1. The molecule has 1 fully saturated rings. The molecule has 1 aliphatic carbocycles. The molecule has 1 aliphatic rings. The fourth-order valence-electron chi connectivity index (χ4n) is 3.60. The minimum Gasteiger partial charge on any atom is -0.489 e. The van der Waals surface area contributed by atoms with Crippen LogP contribution < -0.4 is 10.1 Å². The van der Waals surface area contributed by atoms with Crippen LogP contribution in [-0.4, -0.2) is 11.6 Å². The molecule has 1 N–H and O–H groups in total. The first kappa shape index (κ1) is 21.3. The molecule has 0 aliphatic heterocycles. The molecule has 31 heavy (non-hydrogen) atoms. The van der Waals surface area contributed by atoms with Crippen molar-refractivity contribution in [1.29, 1.82) is 0 Å². The lowest BCUT2D eigenvalue weighted by Gasteiger charge is -2.14. The van der Waals surface area contributed by atoms with Crippen molar-refractivity contribution in [3.63, 3.8) is 0 Å². The summed E-state index contributed by atoms with van der Waals surface area (Å²) < 4.78 is 6.68. The Balaban J connectivity index is 1.43. The van der Waals surface area contributed by atoms with Gasteiger partial charge in [-0.05, 0) is 73.7 Å². The van der Waals surface area contributed by atoms with Gasteiger partial charge in [-0.3, -0.25) is 9.79 Å². The highest BCUT2D eigenvalue weighted by molar-refractivity contribution is 9.10. The van der Waals surface area contributed by atoms with E-state index in [0.717, 1.165) is 34.3 Å². The molecule has 0 saturated heterocycles. The quantitative estimate of drug-likeness (QED) is 0.405. The van der Waals surface area contributed by atoms with E-state index in [1.165, 1.54) is 25.0 Å². The van der Waals surface area contributed by atoms with Gasteiger partial charge in [0.05, 0.1) is 11.3 Å². The molecule has 1 amide bonds. The maximum atomic E-state index is 13.0. The first-order valence-electron chi connectivity index (χ1n) is 10.6. The van der Waals surface area contributed by atoms with Crippen LogP contribution in [0.1, 0.15) is 48.0 Å². The van der Waals surface area contributed by atoms with E-state index in [4.69, 9.17) is 9.73 Å². The van der Waals surface area contributed by atoms with E-state index in [1.54, 1.807) is 0 Å². The molecule has 0 aromatic heterocycles. The van der Waals surface area contributed by atoms with Gasteiger partial charge >= 0.3 is 0 Å². The van der Waals surface area contributed by atoms with Gasteiger partial charge in [0.15, 0.2) is 0 Å². The Morgan fingerprint density at radius 3 is 2.42 bits per heavy atom. The lowest BCUT2D eigenvalue weighted by Crippen LogP contribution is -2.13. The topological polar surface area (TPSA) is 50.7 Å². The van der Waals surface area contributed by atoms with Crippen molar-refractivity contribution in [2.24, 2.45) is 4.99 Å². The number of hydrogen-bond acceptors (Lipinski definition) is 3. The molecule has 1 saturated carbocycles. The Hall–Kier alpha value is -2.92. The van der Waals surface area contributed by atoms with E-state index >= 15 is 0 Å². The summed E-state index contributed by atoms with van der Waals surface area (Å²) in [5, 5.41) is 2.98. The molecular formula is C26H25BrN2O2. The summed E-state index contributed by atoms with van der Waals surface area (Å²) in [5.41, 5.74) is 4.30. The fraction of sp³-hybridized carbons (Fsp3) is 0.231. The lowest BCUT2D eigenvalue weighted by atomic mass is 9.98. The average molecular weight is 477 g/mol. The molecular weight excluding hydrogens is 452 g/mol. The Morgan fingerprint density at radius 1 is 0.935 bits per heavy atom. The number of hydrogen-bond donors (Lipinski definition) is 1. The molecule has 158 valence electrons. The highest BCUT2D eigenvalue weighted by Crippen LogP contribution is 2.27. The number of benzene rings is 3. The van der Waals surface area contributed by atoms with Crippen LogP contribution in [-0.2, 0) is 6.61 Å². The number of nitrogens with zero attached hydrogens (tertiary/aromatic N) is 1. The van der Waals surface area contributed by atoms with Crippen molar-refractivity contribution >= 4 is 38.9 Å². The van der Waals surface area contributed by atoms with Gasteiger partial charge < -0.3 is 10.1 Å². The second-order valence-electron chi connectivity index (χ2n) is 7.65. The van der Waals surface area contributed by atoms with Crippen molar-refractivity contribution < 1.29 is 9.53 Å². The van der Waals surface area contributed by atoms with Crippen LogP contribution >= 0.6 is 15.9 Å². The predicted octanol–water partition coefficient (Wildman–Crippen LogP) is 7.32. The van der Waals surface area contributed by atoms with Gasteiger partial charge in [0, 0.05) is 15.9 Å². The van der Waals surface area contributed by atoms with E-state index in [-0.39, 0.29) is 5.91 Å². The minimum absolute atomic E-state index is 0.172. The smallest absolute Gasteiger partial charge is 0.257 e. The van der Waals surface area contributed by atoms with Gasteiger partial charge in [-0.15, -0.1) is 0 Å². The van der Waals surface area contributed by atoms with E-state index in [1.807, 2.05) is 72.8 Å². The molecule has 5 heteroatoms. The molecule has 3 aromatic carbocycles. The second-order valence-corrected chi connectivity index (χ2v) is 8.57. The van der Waals surface area contributed by atoms with E-state index < -0.39 is 0 Å². The lowest BCUT2D eigenvalue weighted by molar-refractivity contribution is 0.102. The normalized spacial score (nSPS) is 13.5. The first-order valence-corrected chi connectivity index (χ1v) is 11.4. The number of anilines is 1. The van der Waals surface area contributed by atoms with E-state index in [9.17, 15) is 4.79 Å². The van der Waals surface area contributed by atoms with Crippen molar-refractivity contribution in [3.05, 3.63) is 88.4 Å². The van der Waals surface area contributed by atoms with Crippen LogP contribution in [0.25, 0.3) is 0 Å². The summed E-state index contributed by atoms with van der Waals surface area (Å²) >= 11 is 3.48. The SMILES string of the molecule is O=C(Nc1ccc(OCc2ccccc2)cc1)c1cc(Br)ccc1N=C1CCCCC1. The van der Waals surface area contributed by atoms with Crippen molar-refractivity contribution in [2.45, 2.75) is 38.7 Å². The van der Waals surface area contributed by atoms with Crippen LogP contribution in [0.2, 0.25) is 0 Å². The highest BCUT2D eigenvalue weighted by Gasteiger charge is 2.14. The maximum Gasteiger partial charge on any atom is 0.257 e. The number of halogens is 1. The Morgan fingerprint density at radius 2 is 1.68 bits per heavy atom. The summed E-state index contributed by atoms with van der Waals surface area (Å²) in [6.45, 7) is 0.508. The molecule has 0 heterocycles. The summed E-state index contributed by atoms with van der Waals surface area (Å²) in [6.07, 6.45) is 5.64. The van der Waals surface area contributed by atoms with Crippen molar-refractivity contribution in [2.75, 3.05) is 5.32 Å². The predicted molar refractivity (Wildman–Crippen MR) is 129 cm³/mol. The van der Waals surface area contributed by atoms with E-state index in [0.29, 0.717) is 17.9 Å². The van der Waals surface area contributed by atoms with Gasteiger partial charge in [-0.25, -0.2) is 0 Å². The van der Waals surface area contributed by atoms with Gasteiger partial charge in [-0.2, -0.15) is 0 Å². The fourth-order valence-corrected chi connectivity index (χ4v) is 3.96. The van der Waals surface area contributed by atoms with Crippen LogP contribution in [0, 0.1) is 0 Å². The number of rotatable bonds is 6. The van der Waals surface area contributed by atoms with Crippen molar-refractivity contribution in [3.8, 4) is 5.75 Å². The summed E-state index contributed by atoms with van der Waals surface area (Å²) in [5.74, 6) is 0.586.